The highest BCUT2D eigenvalue weighted by atomic mass is 19.4. The Morgan fingerprint density at radius 3 is 1.28 bits per heavy atom. The summed E-state index contributed by atoms with van der Waals surface area (Å²) in [5, 5.41) is 0.840. The van der Waals surface area contributed by atoms with Crippen LogP contribution in [0, 0.1) is 0 Å². The maximum atomic E-state index is 14.2. The Labute approximate surface area is 256 Å². The number of alkyl halides is 15. The number of carbonyl (C=O) groups is 2. The second kappa shape index (κ2) is 17.3. The van der Waals surface area contributed by atoms with E-state index in [0.717, 1.165) is 56.7 Å². The number of rotatable bonds is 23. The van der Waals surface area contributed by atoms with Crippen LogP contribution in [0.3, 0.4) is 0 Å². The van der Waals surface area contributed by atoms with Gasteiger partial charge in [0.1, 0.15) is 6.04 Å². The van der Waals surface area contributed by atoms with Crippen LogP contribution in [0.25, 0.3) is 0 Å². The molecule has 0 aromatic heterocycles. The number of carbonyl (C=O) groups excluding carboxylic acids is 2. The highest BCUT2D eigenvalue weighted by Gasteiger charge is 2.94. The van der Waals surface area contributed by atoms with Crippen LogP contribution in [0.1, 0.15) is 104 Å². The summed E-state index contributed by atoms with van der Waals surface area (Å²) in [6, 6.07) is -2.28. The number of halogens is 15. The lowest BCUT2D eigenvalue weighted by atomic mass is 9.90. The van der Waals surface area contributed by atoms with Crippen molar-refractivity contribution in [3.8, 4) is 0 Å². The molecule has 274 valence electrons. The van der Waals surface area contributed by atoms with E-state index in [1.165, 1.54) is 19.8 Å². The Morgan fingerprint density at radius 1 is 0.522 bits per heavy atom. The molecular weight excluding hydrogens is 671 g/mol. The lowest BCUT2D eigenvalue weighted by Crippen LogP contribution is -2.74. The van der Waals surface area contributed by atoms with Crippen LogP contribution in [0.5, 0.6) is 0 Å². The zero-order chi connectivity index (χ0) is 36.3. The van der Waals surface area contributed by atoms with Gasteiger partial charge in [-0.15, -0.1) is 0 Å². The SMILES string of the molecule is CCCCCCCCCCCCCCOC(=O)C(CCC)NC(=O)C(F)(F)C(F)(F)C(F)(F)C(F)(F)C(F)(F)C(F)(F)C(F)(F)F. The third-order valence-electron chi connectivity index (χ3n) is 7.02. The topological polar surface area (TPSA) is 55.4 Å². The van der Waals surface area contributed by atoms with Crippen LogP contribution >= 0.6 is 0 Å². The molecule has 0 saturated heterocycles. The molecule has 46 heavy (non-hydrogen) atoms. The average molecular weight is 710 g/mol. The second-order valence-electron chi connectivity index (χ2n) is 10.8. The van der Waals surface area contributed by atoms with Gasteiger partial charge in [-0.1, -0.05) is 90.9 Å². The largest absolute Gasteiger partial charge is 0.464 e. The van der Waals surface area contributed by atoms with E-state index in [-0.39, 0.29) is 19.4 Å². The van der Waals surface area contributed by atoms with Crippen LogP contribution in [0.2, 0.25) is 0 Å². The van der Waals surface area contributed by atoms with Crippen LogP contribution in [-0.2, 0) is 14.3 Å². The molecule has 0 radical (unpaired) electrons. The first kappa shape index (κ1) is 43.9. The van der Waals surface area contributed by atoms with E-state index >= 15 is 0 Å². The predicted octanol–water partition coefficient (Wildman–Crippen LogP) is 9.89. The molecule has 1 atom stereocenters. The number of nitrogens with one attached hydrogen (secondary N) is 1. The fourth-order valence-corrected chi connectivity index (χ4v) is 4.11. The van der Waals surface area contributed by atoms with E-state index in [9.17, 15) is 75.4 Å². The minimum absolute atomic E-state index is 0.187. The standard InChI is InChI=1S/C27H38F15NO3/c1-3-5-6-7-8-9-10-11-12-13-14-15-17-46-19(44)18(16-4-2)43-20(45)21(28,29)22(30,31)23(32,33)24(34,35)25(36,37)26(38,39)27(40,41)42/h18H,3-17H2,1-2H3,(H,43,45). The molecule has 0 aliphatic carbocycles. The number of amides is 1. The van der Waals surface area contributed by atoms with Crippen molar-refractivity contribution in [2.24, 2.45) is 0 Å². The summed E-state index contributed by atoms with van der Waals surface area (Å²) in [5.74, 6) is -53.8. The Kier molecular flexibility index (Phi) is 16.5. The van der Waals surface area contributed by atoms with Gasteiger partial charge in [-0.05, 0) is 12.8 Å². The molecule has 1 unspecified atom stereocenters. The van der Waals surface area contributed by atoms with Crippen LogP contribution in [-0.4, -0.2) is 66.2 Å². The van der Waals surface area contributed by atoms with Gasteiger partial charge in [0.15, 0.2) is 0 Å². The highest BCUT2D eigenvalue weighted by Crippen LogP contribution is 2.62. The molecule has 1 N–H and O–H groups in total. The average Bonchev–Trinajstić information content (AvgIpc) is 2.93. The van der Waals surface area contributed by atoms with Crippen molar-refractivity contribution in [1.29, 1.82) is 0 Å². The van der Waals surface area contributed by atoms with E-state index in [0.29, 0.717) is 6.42 Å². The minimum Gasteiger partial charge on any atom is -0.464 e. The smallest absolute Gasteiger partial charge is 0.460 e. The second-order valence-corrected chi connectivity index (χ2v) is 10.8. The first-order chi connectivity index (χ1) is 20.8. The summed E-state index contributed by atoms with van der Waals surface area (Å²) in [4.78, 5) is 24.0. The van der Waals surface area contributed by atoms with Crippen molar-refractivity contribution in [3.05, 3.63) is 0 Å². The predicted molar refractivity (Wildman–Crippen MR) is 135 cm³/mol. The van der Waals surface area contributed by atoms with Crippen molar-refractivity contribution >= 4 is 11.9 Å². The molecule has 0 aromatic rings. The Bertz CT molecular complexity index is 940. The van der Waals surface area contributed by atoms with Gasteiger partial charge in [-0.25, -0.2) is 4.79 Å². The molecule has 19 heteroatoms. The van der Waals surface area contributed by atoms with E-state index in [2.05, 4.69) is 6.92 Å². The van der Waals surface area contributed by atoms with Crippen molar-refractivity contribution in [1.82, 2.24) is 5.32 Å². The minimum atomic E-state index is -8.51. The summed E-state index contributed by atoms with van der Waals surface area (Å²) in [7, 11) is 0. The summed E-state index contributed by atoms with van der Waals surface area (Å²) in [6.07, 6.45) is 2.58. The van der Waals surface area contributed by atoms with Gasteiger partial charge >= 0.3 is 47.7 Å². The summed E-state index contributed by atoms with van der Waals surface area (Å²) in [6.45, 7) is 2.99. The summed E-state index contributed by atoms with van der Waals surface area (Å²) < 4.78 is 206. The van der Waals surface area contributed by atoms with E-state index in [1.54, 1.807) is 0 Å². The quantitative estimate of drug-likeness (QED) is 0.0653. The number of hydrogen-bond donors (Lipinski definition) is 1. The Morgan fingerprint density at radius 2 is 0.891 bits per heavy atom. The molecule has 0 heterocycles. The molecule has 0 rings (SSSR count). The number of esters is 1. The first-order valence-corrected chi connectivity index (χ1v) is 14.6. The van der Waals surface area contributed by atoms with Crippen LogP contribution < -0.4 is 5.32 Å². The number of unbranched alkanes of at least 4 members (excludes halogenated alkanes) is 11. The molecule has 1 amide bonds. The van der Waals surface area contributed by atoms with Crippen LogP contribution in [0.4, 0.5) is 65.9 Å². The number of ether oxygens (including phenoxy) is 1. The molecule has 0 spiro atoms. The van der Waals surface area contributed by atoms with E-state index < -0.39 is 66.1 Å². The van der Waals surface area contributed by atoms with Crippen molar-refractivity contribution in [2.45, 2.75) is 151 Å². The van der Waals surface area contributed by atoms with Gasteiger partial charge in [0.25, 0.3) is 5.91 Å². The van der Waals surface area contributed by atoms with Gasteiger partial charge in [0.2, 0.25) is 0 Å². The summed E-state index contributed by atoms with van der Waals surface area (Å²) in [5.41, 5.74) is 0. The molecule has 0 fully saturated rings. The third-order valence-corrected chi connectivity index (χ3v) is 7.02. The fourth-order valence-electron chi connectivity index (χ4n) is 4.11. The van der Waals surface area contributed by atoms with E-state index in [4.69, 9.17) is 4.74 Å². The molecular formula is C27H38F15NO3. The monoisotopic (exact) mass is 709 g/mol. The molecule has 0 aromatic carbocycles. The van der Waals surface area contributed by atoms with Gasteiger partial charge in [-0.2, -0.15) is 65.9 Å². The molecule has 0 saturated carbocycles. The Balaban J connectivity index is 5.34. The molecule has 0 bridgehead atoms. The fraction of sp³-hybridized carbons (Fsp3) is 0.926. The Hall–Kier alpha value is -2.11. The van der Waals surface area contributed by atoms with Gasteiger partial charge in [0, 0.05) is 0 Å². The first-order valence-electron chi connectivity index (χ1n) is 14.6. The van der Waals surface area contributed by atoms with Gasteiger partial charge < -0.3 is 10.1 Å². The van der Waals surface area contributed by atoms with Gasteiger partial charge in [0.05, 0.1) is 6.61 Å². The molecule has 4 nitrogen and oxygen atoms in total. The zero-order valence-electron chi connectivity index (χ0n) is 25.1. The summed E-state index contributed by atoms with van der Waals surface area (Å²) >= 11 is 0. The van der Waals surface area contributed by atoms with Gasteiger partial charge in [-0.3, -0.25) is 4.79 Å². The molecule has 0 aliphatic rings. The normalized spacial score (nSPS) is 14.7. The molecule has 0 aliphatic heterocycles. The van der Waals surface area contributed by atoms with Crippen molar-refractivity contribution in [3.63, 3.8) is 0 Å². The number of hydrogen-bond acceptors (Lipinski definition) is 3. The zero-order valence-corrected chi connectivity index (χ0v) is 25.1. The third kappa shape index (κ3) is 9.95. The van der Waals surface area contributed by atoms with E-state index in [1.807, 2.05) is 0 Å². The maximum Gasteiger partial charge on any atom is 0.460 e. The van der Waals surface area contributed by atoms with Crippen molar-refractivity contribution in [2.75, 3.05) is 6.61 Å². The van der Waals surface area contributed by atoms with Crippen molar-refractivity contribution < 1.29 is 80.2 Å². The maximum absolute atomic E-state index is 14.2. The highest BCUT2D eigenvalue weighted by molar-refractivity contribution is 5.89. The lowest BCUT2D eigenvalue weighted by molar-refractivity contribution is -0.449. The van der Waals surface area contributed by atoms with Crippen LogP contribution in [0.15, 0.2) is 0 Å². The lowest BCUT2D eigenvalue weighted by Gasteiger charge is -2.41.